The first-order valence-electron chi connectivity index (χ1n) is 4.21. The molecule has 80 valence electrons. The van der Waals surface area contributed by atoms with Crippen molar-refractivity contribution in [2.75, 3.05) is 6.61 Å². The van der Waals surface area contributed by atoms with E-state index in [4.69, 9.17) is 21.4 Å². The summed E-state index contributed by atoms with van der Waals surface area (Å²) in [6, 6.07) is 1.61. The molecule has 5 heteroatoms. The fourth-order valence-corrected chi connectivity index (χ4v) is 1.08. The van der Waals surface area contributed by atoms with Crippen LogP contribution in [0.1, 0.15) is 6.92 Å². The summed E-state index contributed by atoms with van der Waals surface area (Å²) in [5.74, 6) is -0.471. The van der Waals surface area contributed by atoms with Crippen LogP contribution >= 0.6 is 11.6 Å². The number of hydrogen-bond donors (Lipinski definition) is 1. The number of carboxylic acids is 1. The molecular weight excluding hydrogens is 218 g/mol. The molecule has 15 heavy (non-hydrogen) atoms. The van der Waals surface area contributed by atoms with E-state index in [-0.39, 0.29) is 6.61 Å². The molecule has 0 aliphatic rings. The molecule has 1 aromatic rings. The van der Waals surface area contributed by atoms with Crippen LogP contribution in [0.25, 0.3) is 0 Å². The van der Waals surface area contributed by atoms with Crippen molar-refractivity contribution in [3.8, 4) is 5.75 Å². The maximum atomic E-state index is 10.3. The van der Waals surface area contributed by atoms with Crippen LogP contribution in [0.15, 0.2) is 30.1 Å². The third kappa shape index (κ3) is 4.46. The summed E-state index contributed by atoms with van der Waals surface area (Å²) in [6.45, 7) is 1.88. The summed E-state index contributed by atoms with van der Waals surface area (Å²) in [4.78, 5) is 14.1. The Kier molecular flexibility index (Phi) is 4.12. The lowest BCUT2D eigenvalue weighted by atomic mass is 10.3. The maximum Gasteiger partial charge on any atom is 0.328 e. The van der Waals surface area contributed by atoms with E-state index in [1.54, 1.807) is 13.0 Å². The van der Waals surface area contributed by atoms with Gasteiger partial charge in [-0.1, -0.05) is 11.6 Å². The summed E-state index contributed by atoms with van der Waals surface area (Å²) in [5, 5.41) is 8.94. The van der Waals surface area contributed by atoms with Gasteiger partial charge in [-0.2, -0.15) is 0 Å². The molecule has 1 aromatic heterocycles. The number of hydrogen-bond acceptors (Lipinski definition) is 3. The van der Waals surface area contributed by atoms with Crippen molar-refractivity contribution >= 4 is 17.6 Å². The van der Waals surface area contributed by atoms with E-state index in [2.05, 4.69) is 4.98 Å². The van der Waals surface area contributed by atoms with E-state index in [9.17, 15) is 4.79 Å². The second kappa shape index (κ2) is 5.36. The Balaban J connectivity index is 2.54. The summed E-state index contributed by atoms with van der Waals surface area (Å²) in [5.41, 5.74) is 0.613. The van der Waals surface area contributed by atoms with Gasteiger partial charge in [0.15, 0.2) is 0 Å². The van der Waals surface area contributed by atoms with Crippen molar-refractivity contribution in [2.24, 2.45) is 0 Å². The van der Waals surface area contributed by atoms with Gasteiger partial charge >= 0.3 is 5.97 Å². The smallest absolute Gasteiger partial charge is 0.328 e. The summed E-state index contributed by atoms with van der Waals surface area (Å²) < 4.78 is 5.27. The van der Waals surface area contributed by atoms with Gasteiger partial charge in [-0.15, -0.1) is 0 Å². The number of pyridine rings is 1. The van der Waals surface area contributed by atoms with Gasteiger partial charge in [-0.3, -0.25) is 4.98 Å². The van der Waals surface area contributed by atoms with Crippen molar-refractivity contribution in [1.82, 2.24) is 4.98 Å². The van der Waals surface area contributed by atoms with Crippen LogP contribution in [-0.4, -0.2) is 22.7 Å². The van der Waals surface area contributed by atoms with E-state index in [1.807, 2.05) is 0 Å². The Morgan fingerprint density at radius 3 is 3.00 bits per heavy atom. The number of halogens is 1. The highest BCUT2D eigenvalue weighted by atomic mass is 35.5. The van der Waals surface area contributed by atoms with E-state index in [0.717, 1.165) is 6.08 Å². The highest BCUT2D eigenvalue weighted by Crippen LogP contribution is 2.15. The third-order valence-electron chi connectivity index (χ3n) is 1.52. The third-order valence-corrected chi connectivity index (χ3v) is 1.72. The second-order valence-electron chi connectivity index (χ2n) is 2.96. The zero-order valence-electron chi connectivity index (χ0n) is 8.11. The lowest BCUT2D eigenvalue weighted by molar-refractivity contribution is -0.131. The second-order valence-corrected chi connectivity index (χ2v) is 3.39. The zero-order valence-corrected chi connectivity index (χ0v) is 8.86. The molecule has 0 aliphatic heterocycles. The SMILES string of the molecule is CC(=CC(=O)O)COc1cncc(Cl)c1. The molecule has 0 amide bonds. The van der Waals surface area contributed by atoms with Gasteiger partial charge in [-0.05, 0) is 12.5 Å². The van der Waals surface area contributed by atoms with Gasteiger partial charge < -0.3 is 9.84 Å². The van der Waals surface area contributed by atoms with Crippen molar-refractivity contribution in [1.29, 1.82) is 0 Å². The van der Waals surface area contributed by atoms with Gasteiger partial charge in [0, 0.05) is 18.3 Å². The van der Waals surface area contributed by atoms with E-state index < -0.39 is 5.97 Å². The Bertz CT molecular complexity index is 390. The molecule has 0 atom stereocenters. The molecular formula is C10H10ClNO3. The number of rotatable bonds is 4. The number of nitrogens with zero attached hydrogens (tertiary/aromatic N) is 1. The molecule has 0 saturated carbocycles. The molecule has 0 spiro atoms. The minimum Gasteiger partial charge on any atom is -0.488 e. The van der Waals surface area contributed by atoms with Crippen LogP contribution in [-0.2, 0) is 4.79 Å². The number of aromatic nitrogens is 1. The highest BCUT2D eigenvalue weighted by molar-refractivity contribution is 6.30. The normalized spacial score (nSPS) is 11.2. The molecule has 0 saturated heterocycles. The predicted octanol–water partition coefficient (Wildman–Crippen LogP) is 2.14. The first kappa shape index (κ1) is 11.5. The molecule has 0 fully saturated rings. The first-order valence-corrected chi connectivity index (χ1v) is 4.59. The number of ether oxygens (including phenoxy) is 1. The molecule has 0 radical (unpaired) electrons. The first-order chi connectivity index (χ1) is 7.08. The Morgan fingerprint density at radius 2 is 2.40 bits per heavy atom. The summed E-state index contributed by atoms with van der Waals surface area (Å²) in [6.07, 6.45) is 4.10. The number of carbonyl (C=O) groups is 1. The molecule has 0 bridgehead atoms. The fourth-order valence-electron chi connectivity index (χ4n) is 0.921. The number of carboxylic acid groups (broad SMARTS) is 1. The van der Waals surface area contributed by atoms with Crippen LogP contribution < -0.4 is 4.74 Å². The van der Waals surface area contributed by atoms with Crippen molar-refractivity contribution < 1.29 is 14.6 Å². The van der Waals surface area contributed by atoms with Crippen LogP contribution in [0, 0.1) is 0 Å². The van der Waals surface area contributed by atoms with Crippen LogP contribution in [0.5, 0.6) is 5.75 Å². The minimum absolute atomic E-state index is 0.203. The highest BCUT2D eigenvalue weighted by Gasteiger charge is 1.98. The Morgan fingerprint density at radius 1 is 1.67 bits per heavy atom. The average Bonchev–Trinajstić information content (AvgIpc) is 2.14. The van der Waals surface area contributed by atoms with Gasteiger partial charge in [0.1, 0.15) is 12.4 Å². The van der Waals surface area contributed by atoms with Crippen molar-refractivity contribution in [2.45, 2.75) is 6.92 Å². The topological polar surface area (TPSA) is 59.4 Å². The molecule has 0 unspecified atom stereocenters. The van der Waals surface area contributed by atoms with Crippen LogP contribution in [0.4, 0.5) is 0 Å². The Labute approximate surface area is 92.2 Å². The standard InChI is InChI=1S/C10H10ClNO3/c1-7(2-10(13)14)6-15-9-3-8(11)4-12-5-9/h2-5H,6H2,1H3,(H,13,14). The average molecular weight is 228 g/mol. The van der Waals surface area contributed by atoms with Crippen molar-refractivity contribution in [3.63, 3.8) is 0 Å². The maximum absolute atomic E-state index is 10.3. The fraction of sp³-hybridized carbons (Fsp3) is 0.200. The van der Waals surface area contributed by atoms with Gasteiger partial charge in [0.2, 0.25) is 0 Å². The van der Waals surface area contributed by atoms with Crippen LogP contribution in [0.2, 0.25) is 5.02 Å². The largest absolute Gasteiger partial charge is 0.488 e. The minimum atomic E-state index is -0.986. The Hall–Kier alpha value is -1.55. The van der Waals surface area contributed by atoms with E-state index in [1.165, 1.54) is 12.4 Å². The van der Waals surface area contributed by atoms with Crippen molar-refractivity contribution in [3.05, 3.63) is 35.1 Å². The molecule has 4 nitrogen and oxygen atoms in total. The predicted molar refractivity (Wildman–Crippen MR) is 56.1 cm³/mol. The van der Waals surface area contributed by atoms with E-state index in [0.29, 0.717) is 16.3 Å². The molecule has 0 aliphatic carbocycles. The molecule has 0 aromatic carbocycles. The van der Waals surface area contributed by atoms with E-state index >= 15 is 0 Å². The lowest BCUT2D eigenvalue weighted by Gasteiger charge is -2.05. The number of aliphatic carboxylic acids is 1. The lowest BCUT2D eigenvalue weighted by Crippen LogP contribution is -2.01. The van der Waals surface area contributed by atoms with Gasteiger partial charge in [0.05, 0.1) is 11.2 Å². The van der Waals surface area contributed by atoms with Gasteiger partial charge in [-0.25, -0.2) is 4.79 Å². The zero-order chi connectivity index (χ0) is 11.3. The molecule has 1 heterocycles. The summed E-state index contributed by atoms with van der Waals surface area (Å²) in [7, 11) is 0. The summed E-state index contributed by atoms with van der Waals surface area (Å²) >= 11 is 5.69. The quantitative estimate of drug-likeness (QED) is 0.801. The van der Waals surface area contributed by atoms with Crippen LogP contribution in [0.3, 0.4) is 0 Å². The monoisotopic (exact) mass is 227 g/mol. The van der Waals surface area contributed by atoms with Gasteiger partial charge in [0.25, 0.3) is 0 Å². The molecule has 1 rings (SSSR count). The molecule has 1 N–H and O–H groups in total.